The van der Waals surface area contributed by atoms with Crippen LogP contribution in [0, 0.1) is 0 Å². The van der Waals surface area contributed by atoms with Gasteiger partial charge in [-0.1, -0.05) is 24.3 Å². The fourth-order valence-corrected chi connectivity index (χ4v) is 3.65. The summed E-state index contributed by atoms with van der Waals surface area (Å²) in [6, 6.07) is 10.7. The molecule has 1 atom stereocenters. The highest BCUT2D eigenvalue weighted by Crippen LogP contribution is 2.37. The molecule has 1 saturated carbocycles. The zero-order valence-corrected chi connectivity index (χ0v) is 17.0. The Morgan fingerprint density at radius 3 is 2.59 bits per heavy atom. The predicted octanol–water partition coefficient (Wildman–Crippen LogP) is 3.82. The molecule has 0 saturated heterocycles. The van der Waals surface area contributed by atoms with E-state index >= 15 is 0 Å². The van der Waals surface area contributed by atoms with Crippen molar-refractivity contribution in [3.8, 4) is 0 Å². The molecular weight excluding hydrogens is 364 g/mol. The SMILES string of the molecule is CC(C)(C)NC(=O)C(c1cccnc1)N(C(=O)c1c[nH]c2ccccc12)C1CC1. The van der Waals surface area contributed by atoms with E-state index in [-0.39, 0.29) is 17.9 Å². The van der Waals surface area contributed by atoms with E-state index in [0.29, 0.717) is 11.1 Å². The number of pyridine rings is 1. The number of benzene rings is 1. The molecule has 0 radical (unpaired) electrons. The molecule has 2 aromatic heterocycles. The molecule has 0 bridgehead atoms. The lowest BCUT2D eigenvalue weighted by molar-refractivity contribution is -0.127. The number of amides is 2. The Morgan fingerprint density at radius 1 is 1.17 bits per heavy atom. The average molecular weight is 390 g/mol. The minimum Gasteiger partial charge on any atom is -0.360 e. The van der Waals surface area contributed by atoms with Crippen molar-refractivity contribution in [2.24, 2.45) is 0 Å². The second-order valence-electron chi connectivity index (χ2n) is 8.62. The van der Waals surface area contributed by atoms with Gasteiger partial charge < -0.3 is 15.2 Å². The molecule has 1 unspecified atom stereocenters. The molecular formula is C23H26N4O2. The van der Waals surface area contributed by atoms with E-state index in [0.717, 1.165) is 23.7 Å². The van der Waals surface area contributed by atoms with Crippen molar-refractivity contribution < 1.29 is 9.59 Å². The summed E-state index contributed by atoms with van der Waals surface area (Å²) in [6.45, 7) is 5.82. The van der Waals surface area contributed by atoms with Crippen LogP contribution in [-0.4, -0.2) is 38.3 Å². The zero-order chi connectivity index (χ0) is 20.6. The number of H-pyrrole nitrogens is 1. The Hall–Kier alpha value is -3.15. The average Bonchev–Trinajstić information content (AvgIpc) is 3.42. The molecule has 2 amide bonds. The van der Waals surface area contributed by atoms with Crippen LogP contribution in [0.4, 0.5) is 0 Å². The molecule has 1 aliphatic rings. The highest BCUT2D eigenvalue weighted by molar-refractivity contribution is 6.08. The Morgan fingerprint density at radius 2 is 1.93 bits per heavy atom. The number of aromatic amines is 1. The van der Waals surface area contributed by atoms with E-state index in [4.69, 9.17) is 0 Å². The first-order chi connectivity index (χ1) is 13.8. The molecule has 6 nitrogen and oxygen atoms in total. The Kier molecular flexibility index (Phi) is 4.86. The largest absolute Gasteiger partial charge is 0.360 e. The highest BCUT2D eigenvalue weighted by Gasteiger charge is 2.42. The number of rotatable bonds is 5. The van der Waals surface area contributed by atoms with E-state index in [1.54, 1.807) is 29.6 Å². The molecule has 0 spiro atoms. The van der Waals surface area contributed by atoms with E-state index in [2.05, 4.69) is 15.3 Å². The first kappa shape index (κ1) is 19.2. The van der Waals surface area contributed by atoms with Crippen LogP contribution in [0.3, 0.4) is 0 Å². The van der Waals surface area contributed by atoms with Gasteiger partial charge in [-0.2, -0.15) is 0 Å². The minimum absolute atomic E-state index is 0.0482. The quantitative estimate of drug-likeness (QED) is 0.695. The van der Waals surface area contributed by atoms with E-state index in [9.17, 15) is 9.59 Å². The maximum atomic E-state index is 13.7. The summed E-state index contributed by atoms with van der Waals surface area (Å²) in [7, 11) is 0. The second kappa shape index (κ2) is 7.35. The molecule has 1 aromatic carbocycles. The van der Waals surface area contributed by atoms with Crippen molar-refractivity contribution >= 4 is 22.7 Å². The number of aromatic nitrogens is 2. The summed E-state index contributed by atoms with van der Waals surface area (Å²) >= 11 is 0. The molecule has 0 aliphatic heterocycles. The van der Waals surface area contributed by atoms with Crippen molar-refractivity contribution in [3.05, 3.63) is 66.1 Å². The van der Waals surface area contributed by atoms with Gasteiger partial charge in [0.15, 0.2) is 0 Å². The van der Waals surface area contributed by atoms with Gasteiger partial charge in [-0.05, 0) is 45.7 Å². The molecule has 29 heavy (non-hydrogen) atoms. The third-order valence-corrected chi connectivity index (χ3v) is 5.02. The molecule has 1 fully saturated rings. The third kappa shape index (κ3) is 4.01. The first-order valence-electron chi connectivity index (χ1n) is 9.96. The van der Waals surface area contributed by atoms with E-state index in [1.807, 2.05) is 51.1 Å². The van der Waals surface area contributed by atoms with Crippen molar-refractivity contribution in [1.29, 1.82) is 0 Å². The van der Waals surface area contributed by atoms with Gasteiger partial charge in [0.1, 0.15) is 6.04 Å². The highest BCUT2D eigenvalue weighted by atomic mass is 16.2. The molecule has 6 heteroatoms. The smallest absolute Gasteiger partial charge is 0.257 e. The molecule has 2 N–H and O–H groups in total. The van der Waals surface area contributed by atoms with Gasteiger partial charge >= 0.3 is 0 Å². The molecule has 1 aliphatic carbocycles. The molecule has 2 heterocycles. The van der Waals surface area contributed by atoms with E-state index in [1.165, 1.54) is 0 Å². The van der Waals surface area contributed by atoms with Gasteiger partial charge in [-0.15, -0.1) is 0 Å². The standard InChI is InChI=1S/C23H26N4O2/c1-23(2,3)26-21(28)20(15-7-6-12-24-13-15)27(16-10-11-16)22(29)18-14-25-19-9-5-4-8-17(18)19/h4-9,12-14,16,20,25H,10-11H2,1-3H3,(H,26,28). The summed E-state index contributed by atoms with van der Waals surface area (Å²) in [4.78, 5) is 36.1. The lowest BCUT2D eigenvalue weighted by Gasteiger charge is -2.33. The van der Waals surface area contributed by atoms with Crippen LogP contribution in [0.5, 0.6) is 0 Å². The Bertz CT molecular complexity index is 1030. The summed E-state index contributed by atoms with van der Waals surface area (Å²) in [5.41, 5.74) is 1.80. The van der Waals surface area contributed by atoms with Crippen LogP contribution < -0.4 is 5.32 Å². The summed E-state index contributed by atoms with van der Waals surface area (Å²) in [5.74, 6) is -0.326. The number of carbonyl (C=O) groups is 2. The van der Waals surface area contributed by atoms with Gasteiger partial charge in [-0.25, -0.2) is 0 Å². The Labute approximate surface area is 170 Å². The monoisotopic (exact) mass is 390 g/mol. The van der Waals surface area contributed by atoms with Crippen molar-refractivity contribution in [3.63, 3.8) is 0 Å². The topological polar surface area (TPSA) is 78.1 Å². The predicted molar refractivity (Wildman–Crippen MR) is 112 cm³/mol. The lowest BCUT2D eigenvalue weighted by Crippen LogP contribution is -2.50. The fraction of sp³-hybridized carbons (Fsp3) is 0.348. The molecule has 3 aromatic rings. The first-order valence-corrected chi connectivity index (χ1v) is 9.96. The fourth-order valence-electron chi connectivity index (χ4n) is 3.65. The van der Waals surface area contributed by atoms with Crippen LogP contribution in [0.1, 0.15) is 55.6 Å². The van der Waals surface area contributed by atoms with Crippen LogP contribution in [-0.2, 0) is 4.79 Å². The summed E-state index contributed by atoms with van der Waals surface area (Å²) in [6.07, 6.45) is 6.88. The summed E-state index contributed by atoms with van der Waals surface area (Å²) < 4.78 is 0. The zero-order valence-electron chi connectivity index (χ0n) is 17.0. The number of hydrogen-bond donors (Lipinski definition) is 2. The van der Waals surface area contributed by atoms with Gasteiger partial charge in [0.05, 0.1) is 5.56 Å². The maximum Gasteiger partial charge on any atom is 0.257 e. The number of para-hydroxylation sites is 1. The van der Waals surface area contributed by atoms with Crippen molar-refractivity contribution in [2.75, 3.05) is 0 Å². The number of fused-ring (bicyclic) bond motifs is 1. The number of nitrogens with one attached hydrogen (secondary N) is 2. The number of nitrogens with zero attached hydrogens (tertiary/aromatic N) is 2. The van der Waals surface area contributed by atoms with Gasteiger partial charge in [0.25, 0.3) is 5.91 Å². The lowest BCUT2D eigenvalue weighted by atomic mass is 10.0. The molecule has 150 valence electrons. The van der Waals surface area contributed by atoms with Crippen LogP contribution in [0.15, 0.2) is 55.0 Å². The van der Waals surface area contributed by atoms with Crippen LogP contribution >= 0.6 is 0 Å². The van der Waals surface area contributed by atoms with Crippen molar-refractivity contribution in [2.45, 2.75) is 51.2 Å². The summed E-state index contributed by atoms with van der Waals surface area (Å²) in [5, 5.41) is 3.91. The third-order valence-electron chi connectivity index (χ3n) is 5.02. The molecule has 4 rings (SSSR count). The van der Waals surface area contributed by atoms with Crippen LogP contribution in [0.2, 0.25) is 0 Å². The van der Waals surface area contributed by atoms with Crippen LogP contribution in [0.25, 0.3) is 10.9 Å². The second-order valence-corrected chi connectivity index (χ2v) is 8.62. The van der Waals surface area contributed by atoms with Gasteiger partial charge in [0.2, 0.25) is 5.91 Å². The minimum atomic E-state index is -0.725. The maximum absolute atomic E-state index is 13.7. The Balaban J connectivity index is 1.77. The van der Waals surface area contributed by atoms with Gasteiger partial charge in [0, 0.05) is 46.6 Å². The van der Waals surface area contributed by atoms with Crippen molar-refractivity contribution in [1.82, 2.24) is 20.2 Å². The number of carbonyl (C=O) groups excluding carboxylic acids is 2. The normalized spacial score (nSPS) is 15.1. The number of hydrogen-bond acceptors (Lipinski definition) is 3. The van der Waals surface area contributed by atoms with E-state index < -0.39 is 11.6 Å². The van der Waals surface area contributed by atoms with Gasteiger partial charge in [-0.3, -0.25) is 14.6 Å².